The van der Waals surface area contributed by atoms with Gasteiger partial charge in [-0.15, -0.1) is 0 Å². The van der Waals surface area contributed by atoms with Crippen molar-refractivity contribution in [2.45, 2.75) is 20.3 Å². The molecule has 1 amide bonds. The Morgan fingerprint density at radius 1 is 1.04 bits per heavy atom. The normalized spacial score (nSPS) is 11.0. The van der Waals surface area contributed by atoms with Crippen LogP contribution in [0.4, 0.5) is 11.4 Å². The lowest BCUT2D eigenvalue weighted by atomic mass is 10.1. The summed E-state index contributed by atoms with van der Waals surface area (Å²) >= 11 is 0. The number of sulfonamides is 1. The van der Waals surface area contributed by atoms with E-state index in [9.17, 15) is 13.2 Å². The molecular weight excluding hydrogens is 352 g/mol. The number of ether oxygens (including phenoxy) is 1. The van der Waals surface area contributed by atoms with Crippen LogP contribution in [0.3, 0.4) is 0 Å². The predicted octanol–water partition coefficient (Wildman–Crippen LogP) is 3.05. The van der Waals surface area contributed by atoms with Gasteiger partial charge >= 0.3 is 0 Å². The minimum atomic E-state index is -3.32. The molecule has 140 valence electrons. The number of aryl methyl sites for hydroxylation is 1. The number of carbonyl (C=O) groups excluding carboxylic acids is 1. The van der Waals surface area contributed by atoms with Gasteiger partial charge in [0, 0.05) is 12.2 Å². The van der Waals surface area contributed by atoms with Crippen LogP contribution in [0.1, 0.15) is 19.4 Å². The zero-order valence-corrected chi connectivity index (χ0v) is 16.0. The van der Waals surface area contributed by atoms with Crippen LogP contribution in [0.5, 0.6) is 5.75 Å². The number of benzene rings is 2. The lowest BCUT2D eigenvalue weighted by Crippen LogP contribution is -2.29. The Kier molecular flexibility index (Phi) is 6.63. The van der Waals surface area contributed by atoms with Gasteiger partial charge in [0.15, 0.2) is 6.61 Å². The van der Waals surface area contributed by atoms with E-state index in [1.165, 1.54) is 9.87 Å². The van der Waals surface area contributed by atoms with Crippen molar-refractivity contribution in [2.24, 2.45) is 0 Å². The summed E-state index contributed by atoms with van der Waals surface area (Å²) in [5.41, 5.74) is 2.48. The molecule has 0 aliphatic rings. The van der Waals surface area contributed by atoms with Gasteiger partial charge in [0.25, 0.3) is 5.91 Å². The number of amides is 1. The van der Waals surface area contributed by atoms with Crippen LogP contribution in [-0.2, 0) is 21.2 Å². The maximum atomic E-state index is 12.0. The Balaban J connectivity index is 1.91. The molecule has 0 aromatic heterocycles. The maximum absolute atomic E-state index is 12.0. The largest absolute Gasteiger partial charge is 0.484 e. The molecule has 0 atom stereocenters. The SMILES string of the molecule is CCc1ccc(NC(=O)COc2ccc(N(CC)S(C)(=O)=O)cc2)cc1. The highest BCUT2D eigenvalue weighted by molar-refractivity contribution is 7.92. The zero-order chi connectivity index (χ0) is 19.2. The van der Waals surface area contributed by atoms with E-state index >= 15 is 0 Å². The molecule has 0 fully saturated rings. The molecule has 26 heavy (non-hydrogen) atoms. The van der Waals surface area contributed by atoms with Crippen LogP contribution >= 0.6 is 0 Å². The molecule has 6 nitrogen and oxygen atoms in total. The third kappa shape index (κ3) is 5.49. The molecule has 7 heteroatoms. The maximum Gasteiger partial charge on any atom is 0.262 e. The van der Waals surface area contributed by atoms with Gasteiger partial charge in [-0.05, 0) is 55.3 Å². The van der Waals surface area contributed by atoms with Crippen molar-refractivity contribution in [3.8, 4) is 5.75 Å². The molecule has 0 spiro atoms. The van der Waals surface area contributed by atoms with Crippen molar-refractivity contribution in [1.82, 2.24) is 0 Å². The number of nitrogens with zero attached hydrogens (tertiary/aromatic N) is 1. The van der Waals surface area contributed by atoms with Gasteiger partial charge in [0.1, 0.15) is 5.75 Å². The summed E-state index contributed by atoms with van der Waals surface area (Å²) in [7, 11) is -3.32. The topological polar surface area (TPSA) is 75.7 Å². The fourth-order valence-corrected chi connectivity index (χ4v) is 3.46. The Morgan fingerprint density at radius 2 is 1.65 bits per heavy atom. The molecule has 2 aromatic carbocycles. The summed E-state index contributed by atoms with van der Waals surface area (Å²) in [6.45, 7) is 4.06. The molecule has 0 bridgehead atoms. The summed E-state index contributed by atoms with van der Waals surface area (Å²) < 4.78 is 30.2. The number of nitrogens with one attached hydrogen (secondary N) is 1. The van der Waals surface area contributed by atoms with Crippen LogP contribution in [0, 0.1) is 0 Å². The average Bonchev–Trinajstić information content (AvgIpc) is 2.61. The molecule has 2 aromatic rings. The number of carbonyl (C=O) groups is 1. The molecule has 0 aliphatic heterocycles. The van der Waals surface area contributed by atoms with E-state index in [0.29, 0.717) is 18.0 Å². The summed E-state index contributed by atoms with van der Waals surface area (Å²) in [6, 6.07) is 14.3. The van der Waals surface area contributed by atoms with E-state index < -0.39 is 10.0 Å². The van der Waals surface area contributed by atoms with Crippen molar-refractivity contribution in [3.63, 3.8) is 0 Å². The van der Waals surface area contributed by atoms with Crippen LogP contribution in [0.15, 0.2) is 48.5 Å². The second-order valence-electron chi connectivity index (χ2n) is 5.81. The van der Waals surface area contributed by atoms with Crippen LogP contribution < -0.4 is 14.4 Å². The smallest absolute Gasteiger partial charge is 0.262 e. The van der Waals surface area contributed by atoms with E-state index in [0.717, 1.165) is 18.4 Å². The van der Waals surface area contributed by atoms with Crippen LogP contribution in [0.2, 0.25) is 0 Å². The monoisotopic (exact) mass is 376 g/mol. The van der Waals surface area contributed by atoms with Gasteiger partial charge in [-0.2, -0.15) is 0 Å². The standard InChI is InChI=1S/C19H24N2O4S/c1-4-15-6-8-16(9-7-15)20-19(22)14-25-18-12-10-17(11-13-18)21(5-2)26(3,23)24/h6-13H,4-5,14H2,1-3H3,(H,20,22). The first kappa shape index (κ1) is 19.8. The fraction of sp³-hybridized carbons (Fsp3) is 0.316. The van der Waals surface area contributed by atoms with E-state index in [1.54, 1.807) is 31.2 Å². The first-order chi connectivity index (χ1) is 12.3. The van der Waals surface area contributed by atoms with Gasteiger partial charge in [-0.1, -0.05) is 19.1 Å². The highest BCUT2D eigenvalue weighted by Crippen LogP contribution is 2.21. The van der Waals surface area contributed by atoms with Crippen molar-refractivity contribution in [3.05, 3.63) is 54.1 Å². The van der Waals surface area contributed by atoms with Crippen molar-refractivity contribution in [1.29, 1.82) is 0 Å². The Bertz CT molecular complexity index is 831. The first-order valence-electron chi connectivity index (χ1n) is 8.42. The highest BCUT2D eigenvalue weighted by atomic mass is 32.2. The average molecular weight is 376 g/mol. The van der Waals surface area contributed by atoms with Crippen molar-refractivity contribution < 1.29 is 17.9 Å². The third-order valence-corrected chi connectivity index (χ3v) is 5.10. The lowest BCUT2D eigenvalue weighted by Gasteiger charge is -2.20. The first-order valence-corrected chi connectivity index (χ1v) is 10.3. The second kappa shape index (κ2) is 8.71. The van der Waals surface area contributed by atoms with Crippen molar-refractivity contribution >= 4 is 27.3 Å². The molecule has 0 unspecified atom stereocenters. The molecule has 0 saturated carbocycles. The van der Waals surface area contributed by atoms with Crippen molar-refractivity contribution in [2.75, 3.05) is 29.0 Å². The summed E-state index contributed by atoms with van der Waals surface area (Å²) in [6.07, 6.45) is 2.11. The van der Waals surface area contributed by atoms with Gasteiger partial charge in [-0.25, -0.2) is 8.42 Å². The molecule has 2 rings (SSSR count). The van der Waals surface area contributed by atoms with Gasteiger partial charge in [0.2, 0.25) is 10.0 Å². The van der Waals surface area contributed by atoms with E-state index in [2.05, 4.69) is 12.2 Å². The molecule has 0 heterocycles. The Morgan fingerprint density at radius 3 is 2.15 bits per heavy atom. The molecular formula is C19H24N2O4S. The van der Waals surface area contributed by atoms with Gasteiger partial charge in [-0.3, -0.25) is 9.10 Å². The Hall–Kier alpha value is -2.54. The summed E-state index contributed by atoms with van der Waals surface area (Å²) in [4.78, 5) is 12.0. The second-order valence-corrected chi connectivity index (χ2v) is 7.72. The number of rotatable bonds is 8. The molecule has 0 saturated heterocycles. The van der Waals surface area contributed by atoms with E-state index in [-0.39, 0.29) is 12.5 Å². The lowest BCUT2D eigenvalue weighted by molar-refractivity contribution is -0.118. The summed E-state index contributed by atoms with van der Waals surface area (Å²) in [5.74, 6) is 0.236. The quantitative estimate of drug-likeness (QED) is 0.768. The van der Waals surface area contributed by atoms with Gasteiger partial charge < -0.3 is 10.1 Å². The van der Waals surface area contributed by atoms with Crippen LogP contribution in [-0.4, -0.2) is 33.7 Å². The predicted molar refractivity (Wildman–Crippen MR) is 104 cm³/mol. The van der Waals surface area contributed by atoms with E-state index in [4.69, 9.17) is 4.74 Å². The highest BCUT2D eigenvalue weighted by Gasteiger charge is 2.15. The minimum Gasteiger partial charge on any atom is -0.484 e. The number of hydrogen-bond acceptors (Lipinski definition) is 4. The summed E-state index contributed by atoms with van der Waals surface area (Å²) in [5, 5.41) is 2.77. The zero-order valence-electron chi connectivity index (χ0n) is 15.2. The van der Waals surface area contributed by atoms with Gasteiger partial charge in [0.05, 0.1) is 11.9 Å². The Labute approximate surface area is 154 Å². The molecule has 0 radical (unpaired) electrons. The minimum absolute atomic E-state index is 0.127. The molecule has 1 N–H and O–H groups in total. The van der Waals surface area contributed by atoms with Crippen LogP contribution in [0.25, 0.3) is 0 Å². The number of hydrogen-bond donors (Lipinski definition) is 1. The third-order valence-electron chi connectivity index (χ3n) is 3.83. The fourth-order valence-electron chi connectivity index (χ4n) is 2.49. The van der Waals surface area contributed by atoms with E-state index in [1.807, 2.05) is 24.3 Å². The number of anilines is 2. The molecule has 0 aliphatic carbocycles.